The second-order valence-electron chi connectivity index (χ2n) is 6.28. The zero-order valence-electron chi connectivity index (χ0n) is 15.1. The molecule has 0 aliphatic carbocycles. The largest absolute Gasteiger partial charge is 0.462 e. The summed E-state index contributed by atoms with van der Waals surface area (Å²) in [6.07, 6.45) is 1.57. The molecule has 0 aliphatic rings. The predicted octanol–water partition coefficient (Wildman–Crippen LogP) is 5.27. The minimum Gasteiger partial charge on any atom is -0.462 e. The van der Waals surface area contributed by atoms with Crippen molar-refractivity contribution in [3.8, 4) is 22.0 Å². The quantitative estimate of drug-likeness (QED) is 0.446. The molecule has 3 aromatic heterocycles. The van der Waals surface area contributed by atoms with Gasteiger partial charge in [-0.1, -0.05) is 59.9 Å². The van der Waals surface area contributed by atoms with Gasteiger partial charge in [0.1, 0.15) is 0 Å². The maximum absolute atomic E-state index is 13.1. The van der Waals surface area contributed by atoms with Crippen molar-refractivity contribution in [1.29, 1.82) is 0 Å². The molecule has 0 aliphatic heterocycles. The van der Waals surface area contributed by atoms with E-state index in [0.717, 1.165) is 22.2 Å². The van der Waals surface area contributed by atoms with Crippen LogP contribution < -0.4 is 5.32 Å². The Morgan fingerprint density at radius 1 is 0.931 bits per heavy atom. The normalized spacial score (nSPS) is 10.9. The van der Waals surface area contributed by atoms with Gasteiger partial charge >= 0.3 is 0 Å². The van der Waals surface area contributed by atoms with Gasteiger partial charge in [0.25, 0.3) is 5.91 Å². The Kier molecular flexibility index (Phi) is 4.34. The summed E-state index contributed by atoms with van der Waals surface area (Å²) in [7, 11) is 0. The molecule has 7 heteroatoms. The van der Waals surface area contributed by atoms with Crippen LogP contribution in [0, 0.1) is 0 Å². The number of hydrogen-bond acceptors (Lipinski definition) is 6. The molecule has 0 fully saturated rings. The van der Waals surface area contributed by atoms with Crippen LogP contribution in [-0.4, -0.2) is 21.1 Å². The lowest BCUT2D eigenvalue weighted by Crippen LogP contribution is -2.13. The van der Waals surface area contributed by atoms with Crippen LogP contribution in [0.1, 0.15) is 10.4 Å². The molecule has 5 aromatic rings. The molecule has 2 aromatic carbocycles. The van der Waals surface area contributed by atoms with Crippen molar-refractivity contribution in [2.75, 3.05) is 5.32 Å². The highest BCUT2D eigenvalue weighted by molar-refractivity contribution is 7.18. The summed E-state index contributed by atoms with van der Waals surface area (Å²) in [5.74, 6) is 0.353. The summed E-state index contributed by atoms with van der Waals surface area (Å²) >= 11 is 1.26. The number of anilines is 1. The molecule has 1 amide bonds. The van der Waals surface area contributed by atoms with Gasteiger partial charge in [0.2, 0.25) is 5.13 Å². The lowest BCUT2D eigenvalue weighted by atomic mass is 10.0. The molecule has 0 unspecified atom stereocenters. The van der Waals surface area contributed by atoms with Gasteiger partial charge in [0.05, 0.1) is 23.0 Å². The SMILES string of the molecule is O=C(Nc1nnc(-c2ccco2)s1)c1cc(-c2ccccc2)nc2ccccc12. The number of furan rings is 1. The van der Waals surface area contributed by atoms with Gasteiger partial charge in [-0.05, 0) is 24.3 Å². The average Bonchev–Trinajstić information content (AvgIpc) is 3.45. The number of pyridine rings is 1. The molecule has 6 nitrogen and oxygen atoms in total. The molecule has 29 heavy (non-hydrogen) atoms. The maximum atomic E-state index is 13.1. The summed E-state index contributed by atoms with van der Waals surface area (Å²) in [6, 6.07) is 22.8. The third-order valence-corrected chi connectivity index (χ3v) is 5.26. The highest BCUT2D eigenvalue weighted by Gasteiger charge is 2.17. The average molecular weight is 398 g/mol. The Hall–Kier alpha value is -3.84. The third kappa shape index (κ3) is 3.39. The standard InChI is InChI=1S/C22H14N4O2S/c27-20(24-22-26-25-21(29-22)19-11-6-12-28-19)16-13-18(14-7-2-1-3-8-14)23-17-10-5-4-9-15(16)17/h1-13H,(H,24,26,27). The molecule has 140 valence electrons. The molecule has 0 atom stereocenters. The number of nitrogens with one attached hydrogen (secondary N) is 1. The van der Waals surface area contributed by atoms with E-state index in [1.54, 1.807) is 18.4 Å². The summed E-state index contributed by atoms with van der Waals surface area (Å²) in [5.41, 5.74) is 2.98. The summed E-state index contributed by atoms with van der Waals surface area (Å²) < 4.78 is 5.33. The smallest absolute Gasteiger partial charge is 0.258 e. The number of benzene rings is 2. The molecule has 0 radical (unpaired) electrons. The van der Waals surface area contributed by atoms with Crippen LogP contribution in [0.15, 0.2) is 83.5 Å². The number of fused-ring (bicyclic) bond motifs is 1. The molecular weight excluding hydrogens is 384 g/mol. The number of aromatic nitrogens is 3. The van der Waals surface area contributed by atoms with E-state index in [2.05, 4.69) is 15.5 Å². The minimum absolute atomic E-state index is 0.261. The van der Waals surface area contributed by atoms with E-state index < -0.39 is 0 Å². The number of hydrogen-bond donors (Lipinski definition) is 1. The predicted molar refractivity (Wildman–Crippen MR) is 113 cm³/mol. The van der Waals surface area contributed by atoms with Crippen molar-refractivity contribution >= 4 is 33.3 Å². The van der Waals surface area contributed by atoms with Crippen molar-refractivity contribution in [3.05, 3.63) is 84.6 Å². The fourth-order valence-corrected chi connectivity index (χ4v) is 3.76. The molecule has 1 N–H and O–H groups in total. The van der Waals surface area contributed by atoms with Gasteiger partial charge in [-0.2, -0.15) is 0 Å². The van der Waals surface area contributed by atoms with Gasteiger partial charge in [-0.25, -0.2) is 4.98 Å². The molecule has 0 saturated heterocycles. The zero-order chi connectivity index (χ0) is 19.6. The van der Waals surface area contributed by atoms with Gasteiger partial charge < -0.3 is 4.42 Å². The molecule has 0 spiro atoms. The van der Waals surface area contributed by atoms with Gasteiger partial charge in [-0.3, -0.25) is 10.1 Å². The van der Waals surface area contributed by atoms with E-state index >= 15 is 0 Å². The monoisotopic (exact) mass is 398 g/mol. The number of rotatable bonds is 4. The van der Waals surface area contributed by atoms with Gasteiger partial charge in [0, 0.05) is 10.9 Å². The molecule has 5 rings (SSSR count). The number of carbonyl (C=O) groups is 1. The fraction of sp³-hybridized carbons (Fsp3) is 0. The Balaban J connectivity index is 1.52. The minimum atomic E-state index is -0.261. The first-order valence-electron chi connectivity index (χ1n) is 8.92. The van der Waals surface area contributed by atoms with Crippen LogP contribution >= 0.6 is 11.3 Å². The summed E-state index contributed by atoms with van der Waals surface area (Å²) in [6.45, 7) is 0. The first-order chi connectivity index (χ1) is 14.3. The molecule has 0 saturated carbocycles. The van der Waals surface area contributed by atoms with E-state index in [9.17, 15) is 4.79 Å². The molecule has 3 heterocycles. The molecular formula is C22H14N4O2S. The number of para-hydroxylation sites is 1. The Morgan fingerprint density at radius 2 is 1.76 bits per heavy atom. The Labute approximate surface area is 169 Å². The van der Waals surface area contributed by atoms with Crippen molar-refractivity contribution in [2.24, 2.45) is 0 Å². The Morgan fingerprint density at radius 3 is 2.59 bits per heavy atom. The van der Waals surface area contributed by atoms with E-state index in [1.807, 2.05) is 60.7 Å². The van der Waals surface area contributed by atoms with E-state index in [-0.39, 0.29) is 5.91 Å². The van der Waals surface area contributed by atoms with Crippen molar-refractivity contribution < 1.29 is 9.21 Å². The second-order valence-corrected chi connectivity index (χ2v) is 7.26. The number of carbonyl (C=O) groups excluding carboxylic acids is 1. The van der Waals surface area contributed by atoms with Gasteiger partial charge in [0.15, 0.2) is 10.8 Å². The third-order valence-electron chi connectivity index (χ3n) is 4.41. The van der Waals surface area contributed by atoms with Crippen molar-refractivity contribution in [1.82, 2.24) is 15.2 Å². The van der Waals surface area contributed by atoms with Crippen molar-refractivity contribution in [2.45, 2.75) is 0 Å². The van der Waals surface area contributed by atoms with E-state index in [4.69, 9.17) is 9.40 Å². The summed E-state index contributed by atoms with van der Waals surface area (Å²) in [4.78, 5) is 17.8. The highest BCUT2D eigenvalue weighted by Crippen LogP contribution is 2.28. The van der Waals surface area contributed by atoms with Crippen molar-refractivity contribution in [3.63, 3.8) is 0 Å². The molecule has 0 bridgehead atoms. The topological polar surface area (TPSA) is 80.9 Å². The maximum Gasteiger partial charge on any atom is 0.258 e. The zero-order valence-corrected chi connectivity index (χ0v) is 15.9. The van der Waals surface area contributed by atoms with Crippen LogP contribution in [0.5, 0.6) is 0 Å². The first-order valence-corrected chi connectivity index (χ1v) is 9.73. The van der Waals surface area contributed by atoms with Gasteiger partial charge in [-0.15, -0.1) is 10.2 Å². The fourth-order valence-electron chi connectivity index (χ4n) is 3.06. The van der Waals surface area contributed by atoms with Crippen LogP contribution in [0.25, 0.3) is 32.9 Å². The summed E-state index contributed by atoms with van der Waals surface area (Å²) in [5, 5.41) is 12.8. The second kappa shape index (κ2) is 7.29. The van der Waals surface area contributed by atoms with Crippen LogP contribution in [0.3, 0.4) is 0 Å². The van der Waals surface area contributed by atoms with E-state index in [0.29, 0.717) is 21.5 Å². The van der Waals surface area contributed by atoms with Crippen LogP contribution in [0.2, 0.25) is 0 Å². The lowest BCUT2D eigenvalue weighted by Gasteiger charge is -2.09. The number of nitrogens with zero attached hydrogens (tertiary/aromatic N) is 3. The van der Waals surface area contributed by atoms with E-state index in [1.165, 1.54) is 11.3 Å². The highest BCUT2D eigenvalue weighted by atomic mass is 32.1. The van der Waals surface area contributed by atoms with Crippen LogP contribution in [0.4, 0.5) is 5.13 Å². The Bertz CT molecular complexity index is 1300. The number of amides is 1. The lowest BCUT2D eigenvalue weighted by molar-refractivity contribution is 0.102. The van der Waals surface area contributed by atoms with Crippen LogP contribution in [-0.2, 0) is 0 Å². The first kappa shape index (κ1) is 17.3.